The van der Waals surface area contributed by atoms with Gasteiger partial charge in [0, 0.05) is 9.49 Å². The average molecular weight is 685 g/mol. The number of esters is 1. The van der Waals surface area contributed by atoms with Gasteiger partial charge in [0.1, 0.15) is 0 Å². The highest BCUT2D eigenvalue weighted by Gasteiger charge is 2.14. The molecule has 0 bridgehead atoms. The molecule has 4 heteroatoms. The van der Waals surface area contributed by atoms with Crippen molar-refractivity contribution in [3.63, 3.8) is 0 Å². The lowest BCUT2D eigenvalue weighted by atomic mass is 9.92. The molecule has 0 aliphatic rings. The number of alkyl halides is 1. The molecule has 0 N–H and O–H groups in total. The van der Waals surface area contributed by atoms with Gasteiger partial charge >= 0.3 is 5.97 Å². The van der Waals surface area contributed by atoms with Crippen LogP contribution in [0.3, 0.4) is 0 Å². The van der Waals surface area contributed by atoms with Crippen molar-refractivity contribution in [2.45, 2.75) is 85.5 Å². The first-order chi connectivity index (χ1) is 19.9. The third kappa shape index (κ3) is 14.9. The lowest BCUT2D eigenvalue weighted by Gasteiger charge is -2.11. The van der Waals surface area contributed by atoms with Crippen molar-refractivity contribution in [3.8, 4) is 11.1 Å². The molecule has 3 aromatic carbocycles. The van der Waals surface area contributed by atoms with Gasteiger partial charge in [-0.05, 0) is 74.8 Å². The third-order valence-corrected chi connectivity index (χ3v) is 7.72. The van der Waals surface area contributed by atoms with Crippen LogP contribution >= 0.6 is 22.6 Å². The zero-order valence-electron chi connectivity index (χ0n) is 27.6. The van der Waals surface area contributed by atoms with Crippen molar-refractivity contribution >= 4 is 45.1 Å². The minimum absolute atomic E-state index is 0.0463. The fraction of sp³-hybridized carbons (Fsp3) is 0.421. The van der Waals surface area contributed by atoms with Gasteiger partial charge in [0.15, 0.2) is 5.78 Å². The number of allylic oxidation sites excluding steroid dienone is 3. The Bertz CT molecular complexity index is 1270. The van der Waals surface area contributed by atoms with Crippen LogP contribution in [-0.4, -0.2) is 22.8 Å². The van der Waals surface area contributed by atoms with Crippen LogP contribution in [0.2, 0.25) is 0 Å². The van der Waals surface area contributed by atoms with E-state index in [0.29, 0.717) is 5.92 Å². The summed E-state index contributed by atoms with van der Waals surface area (Å²) >= 11 is 2.47. The van der Waals surface area contributed by atoms with Gasteiger partial charge in [0.2, 0.25) is 0 Å². The molecule has 0 aliphatic heterocycles. The number of Topliss-reactive ketones (excluding diaryl/α,β-unsaturated/α-hetero) is 1. The van der Waals surface area contributed by atoms with Crippen LogP contribution in [0, 0.1) is 18.8 Å². The van der Waals surface area contributed by atoms with E-state index in [1.165, 1.54) is 36.3 Å². The van der Waals surface area contributed by atoms with Crippen LogP contribution in [-0.2, 0) is 9.53 Å². The number of ketones is 1. The van der Waals surface area contributed by atoms with Gasteiger partial charge < -0.3 is 4.74 Å². The molecule has 3 nitrogen and oxygen atoms in total. The number of aryl methyl sites for hydroxylation is 1. The zero-order chi connectivity index (χ0) is 32.2. The molecule has 42 heavy (non-hydrogen) atoms. The van der Waals surface area contributed by atoms with Gasteiger partial charge in [-0.25, -0.2) is 0 Å². The molecule has 0 amide bonds. The van der Waals surface area contributed by atoms with Gasteiger partial charge in [-0.2, -0.15) is 0 Å². The summed E-state index contributed by atoms with van der Waals surface area (Å²) in [5, 5.41) is 2.38. The summed E-state index contributed by atoms with van der Waals surface area (Å²) in [5.74, 6) is 0.612. The van der Waals surface area contributed by atoms with E-state index < -0.39 is 0 Å². The molecule has 0 radical (unpaired) electrons. The number of carbonyl (C=O) groups is 2. The van der Waals surface area contributed by atoms with Crippen LogP contribution in [0.4, 0.5) is 0 Å². The quantitative estimate of drug-likeness (QED) is 0.0780. The maximum Gasteiger partial charge on any atom is 0.308 e. The van der Waals surface area contributed by atoms with E-state index in [4.69, 9.17) is 0 Å². The Balaban J connectivity index is 0.000000646. The summed E-state index contributed by atoms with van der Waals surface area (Å²) in [6.07, 6.45) is 7.45. The predicted octanol–water partition coefficient (Wildman–Crippen LogP) is 11.6. The Hall–Kier alpha value is -2.73. The molecule has 0 spiro atoms. The molecule has 1 unspecified atom stereocenters. The molecule has 0 heterocycles. The highest BCUT2D eigenvalue weighted by atomic mass is 127. The van der Waals surface area contributed by atoms with Crippen molar-refractivity contribution in [2.24, 2.45) is 11.8 Å². The summed E-state index contributed by atoms with van der Waals surface area (Å²) in [6, 6.07) is 20.5. The van der Waals surface area contributed by atoms with Crippen molar-refractivity contribution < 1.29 is 14.3 Å². The molecule has 3 rings (SSSR count). The third-order valence-electron chi connectivity index (χ3n) is 6.48. The Labute approximate surface area is 270 Å². The Kier molecular flexibility index (Phi) is 20.5. The van der Waals surface area contributed by atoms with Crippen molar-refractivity contribution in [2.75, 3.05) is 7.11 Å². The molecule has 0 aliphatic carbocycles. The van der Waals surface area contributed by atoms with Crippen LogP contribution in [0.1, 0.15) is 90.6 Å². The summed E-state index contributed by atoms with van der Waals surface area (Å²) < 4.78 is 5.31. The smallest absolute Gasteiger partial charge is 0.308 e. The van der Waals surface area contributed by atoms with E-state index in [-0.39, 0.29) is 17.7 Å². The van der Waals surface area contributed by atoms with E-state index in [9.17, 15) is 9.59 Å². The van der Waals surface area contributed by atoms with Gasteiger partial charge in [0.25, 0.3) is 0 Å². The lowest BCUT2D eigenvalue weighted by molar-refractivity contribution is -0.145. The molecule has 230 valence electrons. The standard InChI is InChI=1S/C19H16O.C8H15I.C8H16O2.C3H6/c1-13-10-11-16(14(2)20)19(12-13)18-9-5-7-15-6-3-4-8-17(15)18;1-4-7(3)6-8(9)5-2;1-6(2)5-7(3)8(9)10-4;1-3-2/h3-12H,1-2H3;6,8H,4-5H2,1-3H3;6-7H,5H2,1-4H3;3H,1H2,2H3/b;7-6+;;/t;;7-;/m..0./s1. The maximum atomic E-state index is 11.9. The lowest BCUT2D eigenvalue weighted by Crippen LogP contribution is -2.14. The Morgan fingerprint density at radius 2 is 1.55 bits per heavy atom. The average Bonchev–Trinajstić information content (AvgIpc) is 2.96. The number of methoxy groups -OCH3 is 1. The molecular weight excluding hydrogens is 631 g/mol. The molecule has 0 saturated heterocycles. The van der Waals surface area contributed by atoms with Gasteiger partial charge in [0.05, 0.1) is 13.0 Å². The first kappa shape index (κ1) is 39.3. The monoisotopic (exact) mass is 684 g/mol. The SMILES string of the molecule is C=CC.CC(=O)c1ccc(C)cc1-c1cccc2ccccc12.CC/C(C)=C/C(I)CC.COC(=O)[C@@H](C)CC(C)C. The highest BCUT2D eigenvalue weighted by molar-refractivity contribution is 14.1. The zero-order valence-corrected chi connectivity index (χ0v) is 29.7. The molecule has 0 aromatic heterocycles. The molecule has 2 atom stereocenters. The number of fused-ring (bicyclic) bond motifs is 1. The molecular formula is C38H53IO3. The summed E-state index contributed by atoms with van der Waals surface area (Å²) in [4.78, 5) is 22.7. The minimum Gasteiger partial charge on any atom is -0.469 e. The summed E-state index contributed by atoms with van der Waals surface area (Å²) in [5.41, 5.74) is 5.60. The summed E-state index contributed by atoms with van der Waals surface area (Å²) in [7, 11) is 1.43. The number of hydrogen-bond acceptors (Lipinski definition) is 3. The van der Waals surface area contributed by atoms with Crippen molar-refractivity contribution in [1.82, 2.24) is 0 Å². The van der Waals surface area contributed by atoms with Crippen LogP contribution < -0.4 is 0 Å². The fourth-order valence-electron chi connectivity index (χ4n) is 4.20. The second-order valence-corrected chi connectivity index (χ2v) is 12.5. The van der Waals surface area contributed by atoms with Gasteiger partial charge in [-0.15, -0.1) is 6.58 Å². The van der Waals surface area contributed by atoms with E-state index in [0.717, 1.165) is 32.6 Å². The Morgan fingerprint density at radius 3 is 2.07 bits per heavy atom. The normalized spacial score (nSPS) is 12.0. The molecule has 0 saturated carbocycles. The van der Waals surface area contributed by atoms with E-state index >= 15 is 0 Å². The van der Waals surface area contributed by atoms with Gasteiger partial charge in [-0.1, -0.05) is 141 Å². The molecule has 0 fully saturated rings. The van der Waals surface area contributed by atoms with Crippen LogP contribution in [0.15, 0.2) is 85.0 Å². The number of carbonyl (C=O) groups excluding carboxylic acids is 2. The second kappa shape index (κ2) is 21.9. The number of halogens is 1. The van der Waals surface area contributed by atoms with E-state index in [1.54, 1.807) is 13.0 Å². The number of benzene rings is 3. The minimum atomic E-state index is -0.103. The van der Waals surface area contributed by atoms with Crippen molar-refractivity contribution in [1.29, 1.82) is 0 Å². The van der Waals surface area contributed by atoms with E-state index in [2.05, 4.69) is 112 Å². The van der Waals surface area contributed by atoms with E-state index in [1.807, 2.05) is 44.2 Å². The largest absolute Gasteiger partial charge is 0.469 e. The van der Waals surface area contributed by atoms with Crippen LogP contribution in [0.5, 0.6) is 0 Å². The number of ether oxygens (including phenoxy) is 1. The highest BCUT2D eigenvalue weighted by Crippen LogP contribution is 2.32. The maximum absolute atomic E-state index is 11.9. The predicted molar refractivity (Wildman–Crippen MR) is 193 cm³/mol. The Morgan fingerprint density at radius 1 is 0.952 bits per heavy atom. The number of hydrogen-bond donors (Lipinski definition) is 0. The number of rotatable bonds is 8. The topological polar surface area (TPSA) is 43.4 Å². The van der Waals surface area contributed by atoms with Crippen LogP contribution in [0.25, 0.3) is 21.9 Å². The summed E-state index contributed by atoms with van der Waals surface area (Å²) in [6.45, 7) is 21.6. The second-order valence-electron chi connectivity index (χ2n) is 10.9. The first-order valence-corrected chi connectivity index (χ1v) is 16.2. The first-order valence-electron chi connectivity index (χ1n) is 14.9. The fourth-order valence-corrected chi connectivity index (χ4v) is 4.81. The molecule has 3 aromatic rings. The van der Waals surface area contributed by atoms with Crippen molar-refractivity contribution in [3.05, 3.63) is 96.1 Å². The van der Waals surface area contributed by atoms with Gasteiger partial charge in [-0.3, -0.25) is 9.59 Å².